The van der Waals surface area contributed by atoms with Crippen molar-refractivity contribution in [3.8, 4) is 0 Å². The first-order valence-electron chi connectivity index (χ1n) is 4.52. The second-order valence-electron chi connectivity index (χ2n) is 2.88. The second kappa shape index (κ2) is 5.70. The van der Waals surface area contributed by atoms with Crippen molar-refractivity contribution in [2.45, 2.75) is 19.8 Å². The molecule has 0 aliphatic rings. The van der Waals surface area contributed by atoms with Gasteiger partial charge in [-0.25, -0.2) is 0 Å². The molecule has 0 heterocycles. The first-order valence-corrected chi connectivity index (χ1v) is 4.93. The zero-order valence-corrected chi connectivity index (χ0v) is 8.64. The summed E-state index contributed by atoms with van der Waals surface area (Å²) in [5.41, 5.74) is 1.21. The zero-order chi connectivity index (χ0) is 9.52. The van der Waals surface area contributed by atoms with Gasteiger partial charge in [-0.3, -0.25) is 0 Å². The van der Waals surface area contributed by atoms with Gasteiger partial charge in [-0.15, -0.1) is 0 Å². The van der Waals surface area contributed by atoms with Crippen LogP contribution < -0.4 is 0 Å². The molecule has 0 atom stereocenters. The molecule has 0 aliphatic carbocycles. The summed E-state index contributed by atoms with van der Waals surface area (Å²) in [4.78, 5) is 0. The highest BCUT2D eigenvalue weighted by Gasteiger charge is 1.98. The van der Waals surface area contributed by atoms with Crippen LogP contribution in [0.15, 0.2) is 30.3 Å². The van der Waals surface area contributed by atoms with E-state index in [9.17, 15) is 0 Å². The molecule has 0 fully saturated rings. The summed E-state index contributed by atoms with van der Waals surface area (Å²) < 4.78 is 5.33. The summed E-state index contributed by atoms with van der Waals surface area (Å²) in [6.07, 6.45) is 1.76. The monoisotopic (exact) mass is 194 g/mol. The number of rotatable bonds is 4. The molecular weight excluding hydrogens is 180 g/mol. The molecule has 13 heavy (non-hydrogen) atoms. The lowest BCUT2D eigenvalue weighted by molar-refractivity contribution is 0.307. The smallest absolute Gasteiger partial charge is 0.164 e. The first kappa shape index (κ1) is 10.2. The van der Waals surface area contributed by atoms with E-state index in [1.54, 1.807) is 0 Å². The van der Waals surface area contributed by atoms with Crippen LogP contribution in [0.3, 0.4) is 0 Å². The van der Waals surface area contributed by atoms with E-state index in [0.717, 1.165) is 19.4 Å². The summed E-state index contributed by atoms with van der Waals surface area (Å²) in [5.74, 6) is 0. The highest BCUT2D eigenvalue weighted by Crippen LogP contribution is 2.02. The van der Waals surface area contributed by atoms with E-state index in [0.29, 0.717) is 5.05 Å². The van der Waals surface area contributed by atoms with Crippen LogP contribution in [0.25, 0.3) is 0 Å². The Labute approximate surface area is 84.7 Å². The highest BCUT2D eigenvalue weighted by atomic mass is 32.1. The number of hydrogen-bond donors (Lipinski definition) is 0. The second-order valence-corrected chi connectivity index (χ2v) is 3.34. The average molecular weight is 194 g/mol. The summed E-state index contributed by atoms with van der Waals surface area (Å²) in [6, 6.07) is 10.1. The largest absolute Gasteiger partial charge is 0.487 e. The van der Waals surface area contributed by atoms with Gasteiger partial charge in [0.05, 0.1) is 6.61 Å². The van der Waals surface area contributed by atoms with Crippen molar-refractivity contribution in [1.82, 2.24) is 0 Å². The standard InChI is InChI=1S/C11H14OS/c1-2-8-12-11(13)9-10-6-4-3-5-7-10/h3-7H,2,8-9H2,1H3. The molecule has 0 unspecified atom stereocenters. The Morgan fingerprint density at radius 2 is 2.00 bits per heavy atom. The van der Waals surface area contributed by atoms with Gasteiger partial charge in [-0.05, 0) is 24.2 Å². The third kappa shape index (κ3) is 4.04. The minimum atomic E-state index is 0.688. The Kier molecular flexibility index (Phi) is 4.47. The van der Waals surface area contributed by atoms with Gasteiger partial charge in [0.1, 0.15) is 0 Å². The molecule has 0 amide bonds. The van der Waals surface area contributed by atoms with E-state index in [-0.39, 0.29) is 0 Å². The van der Waals surface area contributed by atoms with Gasteiger partial charge in [0.15, 0.2) is 5.05 Å². The van der Waals surface area contributed by atoms with E-state index < -0.39 is 0 Å². The maximum absolute atomic E-state index is 5.33. The molecule has 1 aromatic carbocycles. The van der Waals surface area contributed by atoms with Crippen molar-refractivity contribution in [3.05, 3.63) is 35.9 Å². The van der Waals surface area contributed by atoms with Gasteiger partial charge in [-0.2, -0.15) is 0 Å². The Morgan fingerprint density at radius 3 is 2.62 bits per heavy atom. The van der Waals surface area contributed by atoms with Crippen LogP contribution >= 0.6 is 12.2 Å². The van der Waals surface area contributed by atoms with Crippen LogP contribution in [0.5, 0.6) is 0 Å². The minimum absolute atomic E-state index is 0.688. The lowest BCUT2D eigenvalue weighted by Gasteiger charge is -2.05. The molecule has 1 nitrogen and oxygen atoms in total. The molecule has 2 heteroatoms. The number of ether oxygens (including phenoxy) is 1. The molecule has 70 valence electrons. The Morgan fingerprint density at radius 1 is 1.31 bits per heavy atom. The lowest BCUT2D eigenvalue weighted by atomic mass is 10.2. The van der Waals surface area contributed by atoms with Gasteiger partial charge in [0.25, 0.3) is 0 Å². The zero-order valence-electron chi connectivity index (χ0n) is 7.82. The number of benzene rings is 1. The summed E-state index contributed by atoms with van der Waals surface area (Å²) in [6.45, 7) is 2.80. The van der Waals surface area contributed by atoms with Crippen LogP contribution in [-0.2, 0) is 11.2 Å². The molecule has 1 rings (SSSR count). The van der Waals surface area contributed by atoms with Crippen LogP contribution in [0.2, 0.25) is 0 Å². The molecule has 0 aliphatic heterocycles. The van der Waals surface area contributed by atoms with Crippen molar-refractivity contribution in [3.63, 3.8) is 0 Å². The van der Waals surface area contributed by atoms with Gasteiger partial charge in [0.2, 0.25) is 0 Å². The highest BCUT2D eigenvalue weighted by molar-refractivity contribution is 7.80. The number of hydrogen-bond acceptors (Lipinski definition) is 2. The van der Waals surface area contributed by atoms with Gasteiger partial charge in [-0.1, -0.05) is 37.3 Å². The maximum Gasteiger partial charge on any atom is 0.164 e. The van der Waals surface area contributed by atoms with E-state index in [4.69, 9.17) is 17.0 Å². The fraction of sp³-hybridized carbons (Fsp3) is 0.364. The molecule has 0 radical (unpaired) electrons. The Hall–Kier alpha value is -0.890. The fourth-order valence-electron chi connectivity index (χ4n) is 1.03. The van der Waals surface area contributed by atoms with Gasteiger partial charge >= 0.3 is 0 Å². The molecule has 0 aromatic heterocycles. The first-order chi connectivity index (χ1) is 6.33. The Balaban J connectivity index is 2.37. The van der Waals surface area contributed by atoms with Crippen molar-refractivity contribution in [2.24, 2.45) is 0 Å². The lowest BCUT2D eigenvalue weighted by Crippen LogP contribution is -2.05. The van der Waals surface area contributed by atoms with Crippen molar-refractivity contribution in [1.29, 1.82) is 0 Å². The fourth-order valence-corrected chi connectivity index (χ4v) is 1.28. The normalized spacial score (nSPS) is 9.62. The van der Waals surface area contributed by atoms with Crippen LogP contribution in [0.4, 0.5) is 0 Å². The van der Waals surface area contributed by atoms with E-state index in [1.807, 2.05) is 18.2 Å². The summed E-state index contributed by atoms with van der Waals surface area (Å²) in [5, 5.41) is 0.688. The minimum Gasteiger partial charge on any atom is -0.487 e. The summed E-state index contributed by atoms with van der Waals surface area (Å²) >= 11 is 5.08. The van der Waals surface area contributed by atoms with E-state index in [2.05, 4.69) is 19.1 Å². The number of thiocarbonyl (C=S) groups is 1. The molecule has 0 N–H and O–H groups in total. The topological polar surface area (TPSA) is 9.23 Å². The third-order valence-corrected chi connectivity index (χ3v) is 1.92. The van der Waals surface area contributed by atoms with Crippen LogP contribution in [-0.4, -0.2) is 11.7 Å². The SMILES string of the molecule is CCCOC(=S)Cc1ccccc1. The predicted molar refractivity (Wildman–Crippen MR) is 59.0 cm³/mol. The van der Waals surface area contributed by atoms with Crippen molar-refractivity contribution >= 4 is 17.3 Å². The van der Waals surface area contributed by atoms with E-state index in [1.165, 1.54) is 5.56 Å². The quantitative estimate of drug-likeness (QED) is 0.681. The van der Waals surface area contributed by atoms with E-state index >= 15 is 0 Å². The maximum atomic E-state index is 5.33. The molecule has 0 saturated heterocycles. The van der Waals surface area contributed by atoms with Crippen molar-refractivity contribution in [2.75, 3.05) is 6.61 Å². The van der Waals surface area contributed by atoms with Gasteiger partial charge < -0.3 is 4.74 Å². The van der Waals surface area contributed by atoms with Crippen molar-refractivity contribution < 1.29 is 4.74 Å². The van der Waals surface area contributed by atoms with Crippen LogP contribution in [0, 0.1) is 0 Å². The van der Waals surface area contributed by atoms with Crippen LogP contribution in [0.1, 0.15) is 18.9 Å². The molecule has 0 saturated carbocycles. The third-order valence-electron chi connectivity index (χ3n) is 1.66. The molecule has 1 aromatic rings. The summed E-state index contributed by atoms with van der Waals surface area (Å²) in [7, 11) is 0. The Bertz CT molecular complexity index is 256. The molecule has 0 spiro atoms. The molecular formula is C11H14OS. The van der Waals surface area contributed by atoms with Gasteiger partial charge in [0, 0.05) is 6.42 Å². The molecule has 0 bridgehead atoms. The average Bonchev–Trinajstić information content (AvgIpc) is 2.16. The predicted octanol–water partition coefficient (Wildman–Crippen LogP) is 2.98.